The lowest BCUT2D eigenvalue weighted by molar-refractivity contribution is -0.920. The molecule has 0 aliphatic rings. The number of esters is 1. The number of nitrogens with zero attached hydrogens (tertiary/aromatic N) is 1. The van der Waals surface area contributed by atoms with Crippen molar-refractivity contribution >= 4 is 5.97 Å². The van der Waals surface area contributed by atoms with Gasteiger partial charge in [-0.1, -0.05) is 82.2 Å². The van der Waals surface area contributed by atoms with Crippen molar-refractivity contribution in [1.82, 2.24) is 0 Å². The van der Waals surface area contributed by atoms with Crippen LogP contribution in [0.25, 0.3) is 0 Å². The van der Waals surface area contributed by atoms with Crippen molar-refractivity contribution in [2.45, 2.75) is 77.3 Å². The molecule has 0 radical (unpaired) electrons. The van der Waals surface area contributed by atoms with Gasteiger partial charge >= 0.3 is 5.97 Å². The highest BCUT2D eigenvalue weighted by atomic mass is 16.5. The summed E-state index contributed by atoms with van der Waals surface area (Å²) in [5.74, 6) is -0.0797. The predicted octanol–water partition coefficient (Wildman–Crippen LogP) is 5.34. The molecule has 1 aromatic rings. The maximum absolute atomic E-state index is 12.3. The molecule has 0 saturated heterocycles. The quantitative estimate of drug-likeness (QED) is 0.273. The number of hydrogen-bond acceptors (Lipinski definition) is 2. The number of quaternary nitrogens is 1. The Morgan fingerprint density at radius 1 is 0.960 bits per heavy atom. The van der Waals surface area contributed by atoms with Crippen LogP contribution in [0.2, 0.25) is 0 Å². The fourth-order valence-electron chi connectivity index (χ4n) is 3.52. The molecular formula is C22H38NO2+. The minimum absolute atomic E-state index is 0.0797. The Bertz CT molecular complexity index is 470. The third-order valence-electron chi connectivity index (χ3n) is 5.08. The van der Waals surface area contributed by atoms with Gasteiger partial charge in [-0.3, -0.25) is 0 Å². The molecule has 0 aliphatic heterocycles. The Hall–Kier alpha value is -1.35. The molecule has 0 spiro atoms. The summed E-state index contributed by atoms with van der Waals surface area (Å²) in [4.78, 5) is 12.3. The van der Waals surface area contributed by atoms with Crippen LogP contribution >= 0.6 is 0 Å². The van der Waals surface area contributed by atoms with Crippen LogP contribution in [-0.4, -0.2) is 37.7 Å². The van der Waals surface area contributed by atoms with E-state index in [1.807, 2.05) is 6.07 Å². The van der Waals surface area contributed by atoms with Crippen LogP contribution in [0.1, 0.15) is 70.3 Å². The summed E-state index contributed by atoms with van der Waals surface area (Å²) in [6, 6.07) is 10.3. The lowest BCUT2D eigenvalue weighted by Crippen LogP contribution is -2.52. The van der Waals surface area contributed by atoms with E-state index in [9.17, 15) is 4.79 Å². The van der Waals surface area contributed by atoms with Crippen molar-refractivity contribution in [3.8, 4) is 0 Å². The zero-order valence-electron chi connectivity index (χ0n) is 16.8. The van der Waals surface area contributed by atoms with Crippen molar-refractivity contribution in [2.24, 2.45) is 0 Å². The zero-order chi connectivity index (χ0) is 18.5. The van der Waals surface area contributed by atoms with Gasteiger partial charge in [-0.05, 0) is 6.42 Å². The van der Waals surface area contributed by atoms with Gasteiger partial charge in [0.15, 0.2) is 6.04 Å². The van der Waals surface area contributed by atoms with Crippen molar-refractivity contribution in [1.29, 1.82) is 0 Å². The smallest absolute Gasteiger partial charge is 0.364 e. The summed E-state index contributed by atoms with van der Waals surface area (Å²) >= 11 is 0. The normalized spacial score (nSPS) is 12.8. The van der Waals surface area contributed by atoms with Crippen LogP contribution in [0.5, 0.6) is 0 Å². The van der Waals surface area contributed by atoms with E-state index < -0.39 is 0 Å². The van der Waals surface area contributed by atoms with E-state index in [-0.39, 0.29) is 12.0 Å². The number of benzene rings is 1. The predicted molar refractivity (Wildman–Crippen MR) is 105 cm³/mol. The van der Waals surface area contributed by atoms with Crippen LogP contribution in [0, 0.1) is 0 Å². The fraction of sp³-hybridized carbons (Fsp3) is 0.682. The Labute approximate surface area is 155 Å². The van der Waals surface area contributed by atoms with E-state index >= 15 is 0 Å². The number of methoxy groups -OCH3 is 1. The molecule has 0 fully saturated rings. The van der Waals surface area contributed by atoms with E-state index in [0.717, 1.165) is 19.4 Å². The Kier molecular flexibility index (Phi) is 10.5. The molecule has 0 aromatic heterocycles. The molecule has 0 bridgehead atoms. The molecule has 0 aliphatic carbocycles. The van der Waals surface area contributed by atoms with E-state index in [1.165, 1.54) is 57.6 Å². The van der Waals surface area contributed by atoms with Gasteiger partial charge in [0.1, 0.15) is 6.54 Å². The van der Waals surface area contributed by atoms with Gasteiger partial charge in [0.25, 0.3) is 0 Å². The minimum Gasteiger partial charge on any atom is -0.465 e. The van der Waals surface area contributed by atoms with E-state index in [0.29, 0.717) is 4.48 Å². The molecule has 0 unspecified atom stereocenters. The molecule has 0 N–H and O–H groups in total. The SMILES string of the molecule is CCCCCCCCCC[C@H](C(=O)OC)[N+](C)(C)Cc1ccccc1. The topological polar surface area (TPSA) is 26.3 Å². The second kappa shape index (κ2) is 12.1. The second-order valence-electron chi connectivity index (χ2n) is 7.72. The van der Waals surface area contributed by atoms with E-state index in [4.69, 9.17) is 4.74 Å². The summed E-state index contributed by atoms with van der Waals surface area (Å²) in [6.45, 7) is 3.10. The molecule has 3 nitrogen and oxygen atoms in total. The van der Waals surface area contributed by atoms with Crippen molar-refractivity contribution in [3.05, 3.63) is 35.9 Å². The van der Waals surface area contributed by atoms with Crippen LogP contribution in [-0.2, 0) is 16.1 Å². The summed E-state index contributed by atoms with van der Waals surface area (Å²) < 4.78 is 5.75. The molecule has 25 heavy (non-hydrogen) atoms. The average Bonchev–Trinajstić information content (AvgIpc) is 2.60. The van der Waals surface area contributed by atoms with Gasteiger partial charge in [-0.15, -0.1) is 0 Å². The number of hydrogen-bond donors (Lipinski definition) is 0. The third kappa shape index (κ3) is 8.53. The number of unbranched alkanes of at least 4 members (excludes halogenated alkanes) is 7. The van der Waals surface area contributed by atoms with Crippen molar-refractivity contribution in [2.75, 3.05) is 21.2 Å². The third-order valence-corrected chi connectivity index (χ3v) is 5.08. The van der Waals surface area contributed by atoms with E-state index in [2.05, 4.69) is 45.3 Å². The fourth-order valence-corrected chi connectivity index (χ4v) is 3.52. The van der Waals surface area contributed by atoms with Crippen LogP contribution in [0.3, 0.4) is 0 Å². The van der Waals surface area contributed by atoms with Crippen LogP contribution in [0.4, 0.5) is 0 Å². The number of carbonyl (C=O) groups excluding carboxylic acids is 1. The molecular weight excluding hydrogens is 310 g/mol. The van der Waals surface area contributed by atoms with Gasteiger partial charge in [-0.25, -0.2) is 4.79 Å². The van der Waals surface area contributed by atoms with Gasteiger partial charge in [0, 0.05) is 12.0 Å². The van der Waals surface area contributed by atoms with Gasteiger partial charge in [0.2, 0.25) is 0 Å². The summed E-state index contributed by atoms with van der Waals surface area (Å²) in [6.07, 6.45) is 11.2. The Balaban J connectivity index is 2.46. The number of rotatable bonds is 13. The molecule has 1 aromatic carbocycles. The first-order valence-corrected chi connectivity index (χ1v) is 9.95. The molecule has 0 amide bonds. The molecule has 1 atom stereocenters. The largest absolute Gasteiger partial charge is 0.465 e. The molecule has 0 saturated carbocycles. The highest BCUT2D eigenvalue weighted by Gasteiger charge is 2.35. The zero-order valence-corrected chi connectivity index (χ0v) is 16.8. The van der Waals surface area contributed by atoms with Crippen molar-refractivity contribution < 1.29 is 14.0 Å². The first kappa shape index (κ1) is 21.7. The highest BCUT2D eigenvalue weighted by Crippen LogP contribution is 2.21. The van der Waals surface area contributed by atoms with Crippen LogP contribution < -0.4 is 0 Å². The molecule has 0 heterocycles. The summed E-state index contributed by atoms with van der Waals surface area (Å²) in [5, 5.41) is 0. The maximum atomic E-state index is 12.3. The monoisotopic (exact) mass is 348 g/mol. The van der Waals surface area contributed by atoms with Crippen molar-refractivity contribution in [3.63, 3.8) is 0 Å². The molecule has 3 heteroatoms. The minimum atomic E-state index is -0.0923. The second-order valence-corrected chi connectivity index (χ2v) is 7.72. The Morgan fingerprint density at radius 3 is 2.08 bits per heavy atom. The summed E-state index contributed by atoms with van der Waals surface area (Å²) in [7, 11) is 5.78. The van der Waals surface area contributed by atoms with Gasteiger partial charge in [0.05, 0.1) is 21.2 Å². The molecule has 142 valence electrons. The molecule has 1 rings (SSSR count). The number of carbonyl (C=O) groups is 1. The first-order chi connectivity index (χ1) is 12.0. The number of ether oxygens (including phenoxy) is 1. The highest BCUT2D eigenvalue weighted by molar-refractivity contribution is 5.74. The Morgan fingerprint density at radius 2 is 1.52 bits per heavy atom. The van der Waals surface area contributed by atoms with Gasteiger partial charge in [-0.2, -0.15) is 0 Å². The first-order valence-electron chi connectivity index (χ1n) is 9.95. The van der Waals surface area contributed by atoms with Crippen LogP contribution in [0.15, 0.2) is 30.3 Å². The van der Waals surface area contributed by atoms with E-state index in [1.54, 1.807) is 0 Å². The maximum Gasteiger partial charge on any atom is 0.364 e. The lowest BCUT2D eigenvalue weighted by atomic mass is 10.0. The lowest BCUT2D eigenvalue weighted by Gasteiger charge is -2.36. The standard InChI is InChI=1S/C22H38NO2/c1-5-6-7-8-9-10-11-15-18-21(22(24)25-4)23(2,3)19-20-16-13-12-14-17-20/h12-14,16-17,21H,5-11,15,18-19H2,1-4H3/q+1/t21-/m1/s1. The average molecular weight is 349 g/mol. The van der Waals surface area contributed by atoms with Gasteiger partial charge < -0.3 is 9.22 Å². The summed E-state index contributed by atoms with van der Waals surface area (Å²) in [5.41, 5.74) is 1.26. The number of likely N-dealkylation sites (N-methyl/N-ethyl adjacent to an activating group) is 1.